The molecule has 0 saturated carbocycles. The van der Waals surface area contributed by atoms with Crippen LogP contribution in [0.15, 0.2) is 21.5 Å². The van der Waals surface area contributed by atoms with Crippen LogP contribution in [0, 0.1) is 11.3 Å². The summed E-state index contributed by atoms with van der Waals surface area (Å²) in [5.41, 5.74) is 0.148. The van der Waals surface area contributed by atoms with E-state index in [-0.39, 0.29) is 11.5 Å². The molecule has 15 heavy (non-hydrogen) atoms. The number of thiophene rings is 1. The third-order valence-electron chi connectivity index (χ3n) is 1.64. The standard InChI is InChI=1S/C10H9BrN2OS/c1-13(2)10(14)7(6-12)5-8-3-4-9(11)15-8/h3-5H,1-2H3/b7-5-. The summed E-state index contributed by atoms with van der Waals surface area (Å²) >= 11 is 4.80. The Labute approximate surface area is 101 Å². The van der Waals surface area contributed by atoms with E-state index in [9.17, 15) is 4.79 Å². The fourth-order valence-corrected chi connectivity index (χ4v) is 2.30. The van der Waals surface area contributed by atoms with Crippen molar-refractivity contribution in [1.82, 2.24) is 4.90 Å². The monoisotopic (exact) mass is 284 g/mol. The zero-order valence-corrected chi connectivity index (χ0v) is 10.7. The van der Waals surface area contributed by atoms with E-state index in [1.54, 1.807) is 20.2 Å². The molecule has 0 bridgehead atoms. The molecule has 1 amide bonds. The number of nitriles is 1. The van der Waals surface area contributed by atoms with Gasteiger partial charge in [0.1, 0.15) is 11.6 Å². The van der Waals surface area contributed by atoms with Crippen LogP contribution in [-0.4, -0.2) is 24.9 Å². The molecule has 0 aromatic carbocycles. The van der Waals surface area contributed by atoms with Crippen molar-refractivity contribution in [3.05, 3.63) is 26.4 Å². The number of nitrogens with zero attached hydrogens (tertiary/aromatic N) is 2. The topological polar surface area (TPSA) is 44.1 Å². The van der Waals surface area contributed by atoms with Gasteiger partial charge in [-0.2, -0.15) is 5.26 Å². The largest absolute Gasteiger partial charge is 0.344 e. The van der Waals surface area contributed by atoms with Gasteiger partial charge in [0.15, 0.2) is 0 Å². The number of carbonyl (C=O) groups excluding carboxylic acids is 1. The van der Waals surface area contributed by atoms with Crippen molar-refractivity contribution in [2.24, 2.45) is 0 Å². The van der Waals surface area contributed by atoms with E-state index in [0.717, 1.165) is 8.66 Å². The Kier molecular flexibility index (Phi) is 4.06. The number of carbonyl (C=O) groups is 1. The predicted molar refractivity (Wildman–Crippen MR) is 64.3 cm³/mol. The maximum absolute atomic E-state index is 11.5. The van der Waals surface area contributed by atoms with Gasteiger partial charge in [0.25, 0.3) is 5.91 Å². The lowest BCUT2D eigenvalue weighted by Crippen LogP contribution is -2.22. The molecule has 1 rings (SSSR count). The molecule has 1 heterocycles. The minimum absolute atomic E-state index is 0.148. The number of halogens is 1. The quantitative estimate of drug-likeness (QED) is 0.619. The van der Waals surface area contributed by atoms with Gasteiger partial charge in [0.2, 0.25) is 0 Å². The van der Waals surface area contributed by atoms with Crippen LogP contribution in [0.4, 0.5) is 0 Å². The molecule has 5 heteroatoms. The maximum atomic E-state index is 11.5. The molecule has 0 aliphatic heterocycles. The molecule has 0 unspecified atom stereocenters. The second-order valence-corrected chi connectivity index (χ2v) is 5.51. The predicted octanol–water partition coefficient (Wildman–Crippen LogP) is 2.51. The Balaban J connectivity index is 2.99. The lowest BCUT2D eigenvalue weighted by Gasteiger charge is -2.07. The normalized spacial score (nSPS) is 10.9. The van der Waals surface area contributed by atoms with Crippen molar-refractivity contribution in [3.8, 4) is 6.07 Å². The average molecular weight is 285 g/mol. The zero-order valence-electron chi connectivity index (χ0n) is 8.32. The van der Waals surface area contributed by atoms with Crippen molar-refractivity contribution in [2.75, 3.05) is 14.1 Å². The third-order valence-corrected chi connectivity index (χ3v) is 3.21. The van der Waals surface area contributed by atoms with Crippen molar-refractivity contribution >= 4 is 39.2 Å². The molecule has 0 radical (unpaired) electrons. The highest BCUT2D eigenvalue weighted by molar-refractivity contribution is 9.11. The summed E-state index contributed by atoms with van der Waals surface area (Å²) in [6.07, 6.45) is 1.60. The highest BCUT2D eigenvalue weighted by Gasteiger charge is 2.11. The van der Waals surface area contributed by atoms with Gasteiger partial charge in [-0.3, -0.25) is 4.79 Å². The summed E-state index contributed by atoms with van der Waals surface area (Å²) in [6.45, 7) is 0. The number of hydrogen-bond donors (Lipinski definition) is 0. The number of hydrogen-bond acceptors (Lipinski definition) is 3. The molecular weight excluding hydrogens is 276 g/mol. The van der Waals surface area contributed by atoms with Crippen LogP contribution in [-0.2, 0) is 4.79 Å². The van der Waals surface area contributed by atoms with E-state index in [0.29, 0.717) is 0 Å². The first-order valence-corrected chi connectivity index (χ1v) is 5.74. The van der Waals surface area contributed by atoms with E-state index in [2.05, 4.69) is 15.9 Å². The molecule has 0 fully saturated rings. The fourth-order valence-electron chi connectivity index (χ4n) is 0.931. The summed E-state index contributed by atoms with van der Waals surface area (Å²) in [7, 11) is 3.25. The van der Waals surface area contributed by atoms with Crippen molar-refractivity contribution in [2.45, 2.75) is 0 Å². The van der Waals surface area contributed by atoms with Crippen LogP contribution in [0.25, 0.3) is 6.08 Å². The molecule has 0 aliphatic carbocycles. The molecule has 0 N–H and O–H groups in total. The van der Waals surface area contributed by atoms with Gasteiger partial charge in [-0.1, -0.05) is 0 Å². The summed E-state index contributed by atoms with van der Waals surface area (Å²) in [5.74, 6) is -0.276. The smallest absolute Gasteiger partial charge is 0.264 e. The first-order chi connectivity index (χ1) is 7.04. The van der Waals surface area contributed by atoms with Gasteiger partial charge in [-0.25, -0.2) is 0 Å². The average Bonchev–Trinajstić information content (AvgIpc) is 2.59. The van der Waals surface area contributed by atoms with Crippen molar-refractivity contribution < 1.29 is 4.79 Å². The maximum Gasteiger partial charge on any atom is 0.264 e. The number of rotatable bonds is 2. The number of likely N-dealkylation sites (N-methyl/N-ethyl adjacent to an activating group) is 1. The van der Waals surface area contributed by atoms with Gasteiger partial charge in [-0.15, -0.1) is 11.3 Å². The van der Waals surface area contributed by atoms with Crippen LogP contribution in [0.3, 0.4) is 0 Å². The van der Waals surface area contributed by atoms with Gasteiger partial charge >= 0.3 is 0 Å². The minimum atomic E-state index is -0.276. The summed E-state index contributed by atoms with van der Waals surface area (Å²) in [6, 6.07) is 5.64. The first kappa shape index (κ1) is 12.0. The zero-order chi connectivity index (χ0) is 11.4. The van der Waals surface area contributed by atoms with Gasteiger partial charge in [0, 0.05) is 19.0 Å². The Morgan fingerprint density at radius 1 is 1.60 bits per heavy atom. The van der Waals surface area contributed by atoms with Crippen LogP contribution >= 0.6 is 27.3 Å². The van der Waals surface area contributed by atoms with E-state index in [4.69, 9.17) is 5.26 Å². The highest BCUT2D eigenvalue weighted by atomic mass is 79.9. The van der Waals surface area contributed by atoms with Gasteiger partial charge in [0.05, 0.1) is 3.79 Å². The lowest BCUT2D eigenvalue weighted by atomic mass is 10.2. The molecule has 1 aromatic rings. The third kappa shape index (κ3) is 3.18. The summed E-state index contributed by atoms with van der Waals surface area (Å²) in [5, 5.41) is 8.84. The van der Waals surface area contributed by atoms with Crippen LogP contribution in [0.1, 0.15) is 4.88 Å². The van der Waals surface area contributed by atoms with E-state index < -0.39 is 0 Å². The van der Waals surface area contributed by atoms with E-state index in [1.165, 1.54) is 16.2 Å². The summed E-state index contributed by atoms with van der Waals surface area (Å²) in [4.78, 5) is 13.8. The van der Waals surface area contributed by atoms with Crippen molar-refractivity contribution in [3.63, 3.8) is 0 Å². The molecule has 0 atom stereocenters. The lowest BCUT2D eigenvalue weighted by molar-refractivity contribution is -0.124. The summed E-state index contributed by atoms with van der Waals surface area (Å²) < 4.78 is 0.975. The first-order valence-electron chi connectivity index (χ1n) is 4.13. The molecule has 3 nitrogen and oxygen atoms in total. The molecule has 0 aliphatic rings. The molecule has 1 aromatic heterocycles. The van der Waals surface area contributed by atoms with Crippen molar-refractivity contribution in [1.29, 1.82) is 5.26 Å². The van der Waals surface area contributed by atoms with Crippen LogP contribution < -0.4 is 0 Å². The number of amides is 1. The Hall–Kier alpha value is -1.12. The molecule has 0 saturated heterocycles. The molecule has 78 valence electrons. The van der Waals surface area contributed by atoms with E-state index >= 15 is 0 Å². The van der Waals surface area contributed by atoms with Crippen LogP contribution in [0.5, 0.6) is 0 Å². The van der Waals surface area contributed by atoms with E-state index in [1.807, 2.05) is 18.2 Å². The Morgan fingerprint density at radius 2 is 2.27 bits per heavy atom. The molecule has 0 spiro atoms. The van der Waals surface area contributed by atoms with Crippen LogP contribution in [0.2, 0.25) is 0 Å². The SMILES string of the molecule is CN(C)C(=O)/C(C#N)=C\c1ccc(Br)s1. The second-order valence-electron chi connectivity index (χ2n) is 3.01. The molecular formula is C10H9BrN2OS. The van der Waals surface area contributed by atoms with Gasteiger partial charge < -0.3 is 4.90 Å². The van der Waals surface area contributed by atoms with Gasteiger partial charge in [-0.05, 0) is 34.1 Å². The second kappa shape index (κ2) is 5.10. The fraction of sp³-hybridized carbons (Fsp3) is 0.200. The Morgan fingerprint density at radius 3 is 2.67 bits per heavy atom. The highest BCUT2D eigenvalue weighted by Crippen LogP contribution is 2.24. The Bertz CT molecular complexity index is 443. The minimum Gasteiger partial charge on any atom is -0.344 e.